The fourth-order valence-corrected chi connectivity index (χ4v) is 3.90. The van der Waals surface area contributed by atoms with Crippen molar-refractivity contribution in [3.05, 3.63) is 0 Å². The molecule has 164 valence electrons. The highest BCUT2D eigenvalue weighted by Gasteiger charge is 2.28. The lowest BCUT2D eigenvalue weighted by molar-refractivity contribution is -0.152. The van der Waals surface area contributed by atoms with Crippen LogP contribution < -0.4 is 0 Å². The molecule has 1 aliphatic heterocycles. The van der Waals surface area contributed by atoms with E-state index in [2.05, 4.69) is 20.8 Å². The zero-order valence-electron chi connectivity index (χ0n) is 18.8. The number of rotatable bonds is 15. The van der Waals surface area contributed by atoms with Crippen LogP contribution in [0.1, 0.15) is 111 Å². The molecule has 0 radical (unpaired) electrons. The van der Waals surface area contributed by atoms with E-state index in [1.54, 1.807) is 0 Å². The van der Waals surface area contributed by atoms with Gasteiger partial charge in [0, 0.05) is 19.5 Å². The summed E-state index contributed by atoms with van der Waals surface area (Å²) in [7, 11) is 0. The maximum atomic E-state index is 12.2. The van der Waals surface area contributed by atoms with Crippen LogP contribution in [0.15, 0.2) is 0 Å². The van der Waals surface area contributed by atoms with Gasteiger partial charge in [-0.3, -0.25) is 9.59 Å². The number of hydrogen-bond donors (Lipinski definition) is 0. The molecule has 1 saturated heterocycles. The summed E-state index contributed by atoms with van der Waals surface area (Å²) in [6, 6.07) is 0. The SMILES string of the molecule is CCCCCCCCCCCCCOC(=O)C1CCN(C(=O)CC(C)C)CC1. The van der Waals surface area contributed by atoms with Gasteiger partial charge in [-0.1, -0.05) is 85.0 Å². The third-order valence-electron chi connectivity index (χ3n) is 5.76. The molecular weight excluding hydrogens is 350 g/mol. The van der Waals surface area contributed by atoms with Crippen LogP contribution in [0.25, 0.3) is 0 Å². The Morgan fingerprint density at radius 2 is 1.36 bits per heavy atom. The highest BCUT2D eigenvalue weighted by molar-refractivity contribution is 5.77. The van der Waals surface area contributed by atoms with Crippen molar-refractivity contribution in [1.82, 2.24) is 4.90 Å². The van der Waals surface area contributed by atoms with Crippen LogP contribution in [-0.4, -0.2) is 36.5 Å². The van der Waals surface area contributed by atoms with Gasteiger partial charge in [-0.2, -0.15) is 0 Å². The number of likely N-dealkylation sites (tertiary alicyclic amines) is 1. The first-order valence-electron chi connectivity index (χ1n) is 12.0. The van der Waals surface area contributed by atoms with Crippen LogP contribution in [0, 0.1) is 11.8 Å². The summed E-state index contributed by atoms with van der Waals surface area (Å²) < 4.78 is 5.48. The van der Waals surface area contributed by atoms with Gasteiger partial charge in [-0.15, -0.1) is 0 Å². The van der Waals surface area contributed by atoms with E-state index in [0.29, 0.717) is 32.0 Å². The van der Waals surface area contributed by atoms with Gasteiger partial charge < -0.3 is 9.64 Å². The lowest BCUT2D eigenvalue weighted by atomic mass is 9.96. The van der Waals surface area contributed by atoms with Crippen molar-refractivity contribution >= 4 is 11.9 Å². The fraction of sp³-hybridized carbons (Fsp3) is 0.917. The zero-order valence-corrected chi connectivity index (χ0v) is 18.8. The maximum Gasteiger partial charge on any atom is 0.309 e. The quantitative estimate of drug-likeness (QED) is 0.248. The summed E-state index contributed by atoms with van der Waals surface area (Å²) in [4.78, 5) is 26.2. The van der Waals surface area contributed by atoms with Gasteiger partial charge in [-0.05, 0) is 25.2 Å². The normalized spacial score (nSPS) is 15.2. The summed E-state index contributed by atoms with van der Waals surface area (Å²) in [6.07, 6.45) is 16.4. The molecule has 0 N–H and O–H groups in total. The Bertz CT molecular complexity index is 414. The molecule has 28 heavy (non-hydrogen) atoms. The topological polar surface area (TPSA) is 46.6 Å². The average Bonchev–Trinajstić information content (AvgIpc) is 2.68. The van der Waals surface area contributed by atoms with Crippen LogP contribution in [0.4, 0.5) is 0 Å². The Balaban J connectivity index is 1.95. The van der Waals surface area contributed by atoms with Gasteiger partial charge in [0.05, 0.1) is 12.5 Å². The maximum absolute atomic E-state index is 12.2. The second-order valence-corrected chi connectivity index (χ2v) is 8.96. The summed E-state index contributed by atoms with van der Waals surface area (Å²) in [5, 5.41) is 0. The molecule has 0 aromatic carbocycles. The second kappa shape index (κ2) is 15.8. The molecule has 0 aromatic heterocycles. The monoisotopic (exact) mass is 395 g/mol. The molecule has 0 saturated carbocycles. The van der Waals surface area contributed by atoms with Crippen LogP contribution in [-0.2, 0) is 14.3 Å². The highest BCUT2D eigenvalue weighted by atomic mass is 16.5. The van der Waals surface area contributed by atoms with Crippen molar-refractivity contribution in [1.29, 1.82) is 0 Å². The number of hydrogen-bond acceptors (Lipinski definition) is 3. The Kier molecular flexibility index (Phi) is 14.1. The molecule has 1 fully saturated rings. The van der Waals surface area contributed by atoms with Crippen molar-refractivity contribution in [2.24, 2.45) is 11.8 Å². The Labute approximate surface area is 173 Å². The standard InChI is InChI=1S/C24H45NO3/c1-4-5-6-7-8-9-10-11-12-13-14-19-28-24(27)22-15-17-25(18-16-22)23(26)20-21(2)3/h21-22H,4-20H2,1-3H3. The first kappa shape index (κ1) is 25.0. The number of nitrogens with zero attached hydrogens (tertiary/aromatic N) is 1. The molecule has 0 aromatic rings. The second-order valence-electron chi connectivity index (χ2n) is 8.96. The molecule has 1 aliphatic rings. The largest absolute Gasteiger partial charge is 0.465 e. The summed E-state index contributed by atoms with van der Waals surface area (Å²) in [5.41, 5.74) is 0. The number of piperidine rings is 1. The number of unbranched alkanes of at least 4 members (excludes halogenated alkanes) is 10. The Hall–Kier alpha value is -1.06. The summed E-state index contributed by atoms with van der Waals surface area (Å²) in [6.45, 7) is 8.35. The van der Waals surface area contributed by atoms with E-state index < -0.39 is 0 Å². The minimum Gasteiger partial charge on any atom is -0.465 e. The number of carbonyl (C=O) groups excluding carboxylic acids is 2. The lowest BCUT2D eigenvalue weighted by Gasteiger charge is -2.31. The van der Waals surface area contributed by atoms with E-state index >= 15 is 0 Å². The van der Waals surface area contributed by atoms with E-state index in [0.717, 1.165) is 25.7 Å². The predicted octanol–water partition coefficient (Wildman–Crippen LogP) is 6.13. The number of amides is 1. The highest BCUT2D eigenvalue weighted by Crippen LogP contribution is 2.20. The van der Waals surface area contributed by atoms with E-state index in [1.165, 1.54) is 57.8 Å². The van der Waals surface area contributed by atoms with E-state index in [9.17, 15) is 9.59 Å². The first-order valence-corrected chi connectivity index (χ1v) is 12.0. The molecule has 0 bridgehead atoms. The summed E-state index contributed by atoms with van der Waals surface area (Å²) in [5.74, 6) is 0.544. The smallest absolute Gasteiger partial charge is 0.309 e. The molecule has 4 nitrogen and oxygen atoms in total. The molecule has 0 atom stereocenters. The molecule has 4 heteroatoms. The van der Waals surface area contributed by atoms with Crippen molar-refractivity contribution < 1.29 is 14.3 Å². The van der Waals surface area contributed by atoms with Gasteiger partial charge in [0.1, 0.15) is 0 Å². The van der Waals surface area contributed by atoms with Gasteiger partial charge in [0.15, 0.2) is 0 Å². The lowest BCUT2D eigenvalue weighted by Crippen LogP contribution is -2.41. The summed E-state index contributed by atoms with van der Waals surface area (Å²) >= 11 is 0. The third-order valence-corrected chi connectivity index (χ3v) is 5.76. The third kappa shape index (κ3) is 11.7. The number of esters is 1. The van der Waals surface area contributed by atoms with Crippen LogP contribution >= 0.6 is 0 Å². The minimum absolute atomic E-state index is 0.0178. The van der Waals surface area contributed by atoms with Gasteiger partial charge >= 0.3 is 5.97 Å². The Morgan fingerprint density at radius 1 is 0.857 bits per heavy atom. The molecule has 1 rings (SSSR count). The first-order chi connectivity index (χ1) is 13.5. The van der Waals surface area contributed by atoms with Crippen molar-refractivity contribution in [2.45, 2.75) is 111 Å². The fourth-order valence-electron chi connectivity index (χ4n) is 3.90. The van der Waals surface area contributed by atoms with Crippen molar-refractivity contribution in [2.75, 3.05) is 19.7 Å². The average molecular weight is 396 g/mol. The number of carbonyl (C=O) groups is 2. The van der Waals surface area contributed by atoms with E-state index in [-0.39, 0.29) is 17.8 Å². The van der Waals surface area contributed by atoms with Crippen LogP contribution in [0.5, 0.6) is 0 Å². The van der Waals surface area contributed by atoms with Gasteiger partial charge in [-0.25, -0.2) is 0 Å². The van der Waals surface area contributed by atoms with Crippen LogP contribution in [0.3, 0.4) is 0 Å². The van der Waals surface area contributed by atoms with Crippen LogP contribution in [0.2, 0.25) is 0 Å². The molecule has 1 amide bonds. The van der Waals surface area contributed by atoms with Crippen molar-refractivity contribution in [3.63, 3.8) is 0 Å². The van der Waals surface area contributed by atoms with Gasteiger partial charge in [0.25, 0.3) is 0 Å². The molecule has 1 heterocycles. The molecular formula is C24H45NO3. The number of ether oxygens (including phenoxy) is 1. The van der Waals surface area contributed by atoms with E-state index in [4.69, 9.17) is 4.74 Å². The van der Waals surface area contributed by atoms with Crippen molar-refractivity contribution in [3.8, 4) is 0 Å². The van der Waals surface area contributed by atoms with Gasteiger partial charge in [0.2, 0.25) is 5.91 Å². The van der Waals surface area contributed by atoms with E-state index in [1.807, 2.05) is 4.90 Å². The predicted molar refractivity (Wildman–Crippen MR) is 116 cm³/mol. The molecule has 0 unspecified atom stereocenters. The Morgan fingerprint density at radius 3 is 1.86 bits per heavy atom. The molecule has 0 aliphatic carbocycles. The minimum atomic E-state index is -0.0527. The zero-order chi connectivity index (χ0) is 20.6. The molecule has 0 spiro atoms.